The van der Waals surface area contributed by atoms with E-state index in [2.05, 4.69) is 15.9 Å². The number of ketones is 1. The second kappa shape index (κ2) is 11.1. The largest absolute Gasteiger partial charge is 0.507 e. The van der Waals surface area contributed by atoms with E-state index in [0.717, 1.165) is 21.2 Å². The summed E-state index contributed by atoms with van der Waals surface area (Å²) in [5, 5.41) is 11.4. The van der Waals surface area contributed by atoms with Crippen LogP contribution in [0.3, 0.4) is 0 Å². The van der Waals surface area contributed by atoms with Crippen LogP contribution in [0.15, 0.2) is 82.8 Å². The van der Waals surface area contributed by atoms with Gasteiger partial charge in [-0.05, 0) is 68.0 Å². The fraction of sp³-hybridized carbons (Fsp3) is 0.241. The van der Waals surface area contributed by atoms with Gasteiger partial charge in [-0.3, -0.25) is 9.59 Å². The Kier molecular flexibility index (Phi) is 7.91. The molecule has 1 N–H and O–H groups in total. The maximum atomic E-state index is 13.2. The Morgan fingerprint density at radius 1 is 1.03 bits per heavy atom. The fourth-order valence-corrected chi connectivity index (χ4v) is 4.74. The third kappa shape index (κ3) is 5.53. The smallest absolute Gasteiger partial charge is 0.295 e. The first-order valence-electron chi connectivity index (χ1n) is 11.7. The molecule has 186 valence electrons. The summed E-state index contributed by atoms with van der Waals surface area (Å²) >= 11 is 3.49. The number of halogens is 1. The number of aryl methyl sites for hydroxylation is 1. The zero-order valence-corrected chi connectivity index (χ0v) is 22.2. The lowest BCUT2D eigenvalue weighted by molar-refractivity contribution is -0.140. The molecule has 0 aliphatic carbocycles. The van der Waals surface area contributed by atoms with Crippen LogP contribution in [0, 0.1) is 6.92 Å². The van der Waals surface area contributed by atoms with E-state index in [9.17, 15) is 14.7 Å². The van der Waals surface area contributed by atoms with Crippen LogP contribution >= 0.6 is 15.9 Å². The molecule has 0 saturated carbocycles. The second-order valence-electron chi connectivity index (χ2n) is 9.10. The van der Waals surface area contributed by atoms with Crippen LogP contribution < -0.4 is 4.74 Å². The van der Waals surface area contributed by atoms with E-state index < -0.39 is 17.7 Å². The zero-order valence-electron chi connectivity index (χ0n) is 20.6. The number of nitrogens with zero attached hydrogens (tertiary/aromatic N) is 2. The number of rotatable bonds is 8. The molecular formula is C29H29BrN2O4. The predicted octanol–water partition coefficient (Wildman–Crippen LogP) is 5.32. The summed E-state index contributed by atoms with van der Waals surface area (Å²) in [7, 11) is 3.82. The zero-order chi connectivity index (χ0) is 25.8. The number of ether oxygens (including phenoxy) is 1. The number of amides is 1. The summed E-state index contributed by atoms with van der Waals surface area (Å²) in [6.07, 6.45) is 0. The number of carbonyl (C=O) groups is 2. The molecule has 4 rings (SSSR count). The van der Waals surface area contributed by atoms with Gasteiger partial charge >= 0.3 is 0 Å². The number of Topliss-reactive ketones (excluding diaryl/α,β-unsaturated/α-hetero) is 1. The average molecular weight is 549 g/mol. The number of hydrogen-bond acceptors (Lipinski definition) is 5. The predicted molar refractivity (Wildman–Crippen MR) is 144 cm³/mol. The first-order chi connectivity index (χ1) is 17.3. The van der Waals surface area contributed by atoms with Crippen LogP contribution in [0.2, 0.25) is 0 Å². The van der Waals surface area contributed by atoms with Crippen LogP contribution in [-0.2, 0) is 16.2 Å². The molecular weight excluding hydrogens is 520 g/mol. The van der Waals surface area contributed by atoms with Crippen molar-refractivity contribution in [1.29, 1.82) is 0 Å². The maximum absolute atomic E-state index is 13.2. The Balaban J connectivity index is 1.71. The van der Waals surface area contributed by atoms with Gasteiger partial charge in [0.25, 0.3) is 11.7 Å². The van der Waals surface area contributed by atoms with Crippen molar-refractivity contribution in [2.75, 3.05) is 27.2 Å². The van der Waals surface area contributed by atoms with Gasteiger partial charge in [0, 0.05) is 23.1 Å². The van der Waals surface area contributed by atoms with Crippen molar-refractivity contribution in [1.82, 2.24) is 9.80 Å². The summed E-state index contributed by atoms with van der Waals surface area (Å²) in [5.74, 6) is -0.815. The molecule has 1 saturated heterocycles. The Labute approximate surface area is 219 Å². The minimum Gasteiger partial charge on any atom is -0.507 e. The lowest BCUT2D eigenvalue weighted by Crippen LogP contribution is -2.35. The van der Waals surface area contributed by atoms with Crippen molar-refractivity contribution in [3.8, 4) is 5.75 Å². The highest BCUT2D eigenvalue weighted by molar-refractivity contribution is 9.10. The number of aliphatic hydroxyl groups is 1. The third-order valence-electron chi connectivity index (χ3n) is 6.19. The fourth-order valence-electron chi connectivity index (χ4n) is 4.32. The number of aliphatic hydroxyl groups excluding tert-OH is 1. The lowest BCUT2D eigenvalue weighted by atomic mass is 9.94. The van der Waals surface area contributed by atoms with Gasteiger partial charge in [0.1, 0.15) is 18.1 Å². The Hall–Kier alpha value is -3.42. The summed E-state index contributed by atoms with van der Waals surface area (Å²) in [4.78, 5) is 29.8. The molecule has 1 amide bonds. The molecule has 1 heterocycles. The molecule has 7 heteroatoms. The van der Waals surface area contributed by atoms with Crippen LogP contribution in [0.5, 0.6) is 5.75 Å². The molecule has 3 aromatic rings. The summed E-state index contributed by atoms with van der Waals surface area (Å²) in [5.41, 5.74) is 3.13. The van der Waals surface area contributed by atoms with Gasteiger partial charge < -0.3 is 19.6 Å². The van der Waals surface area contributed by atoms with Gasteiger partial charge in [-0.15, -0.1) is 0 Å². The minimum atomic E-state index is -0.684. The Bertz CT molecular complexity index is 1300. The van der Waals surface area contributed by atoms with E-state index in [0.29, 0.717) is 31.0 Å². The molecule has 1 aliphatic heterocycles. The number of benzene rings is 3. The van der Waals surface area contributed by atoms with Crippen molar-refractivity contribution in [3.05, 3.63) is 105 Å². The molecule has 0 spiro atoms. The van der Waals surface area contributed by atoms with Gasteiger partial charge in [-0.2, -0.15) is 0 Å². The molecule has 0 unspecified atom stereocenters. The third-order valence-corrected chi connectivity index (χ3v) is 6.69. The highest BCUT2D eigenvalue weighted by Gasteiger charge is 2.46. The van der Waals surface area contributed by atoms with Crippen molar-refractivity contribution in [2.45, 2.75) is 19.6 Å². The monoisotopic (exact) mass is 548 g/mol. The van der Waals surface area contributed by atoms with Gasteiger partial charge in [-0.1, -0.05) is 58.4 Å². The topological polar surface area (TPSA) is 70.1 Å². The van der Waals surface area contributed by atoms with Gasteiger partial charge in [0.15, 0.2) is 0 Å². The lowest BCUT2D eigenvalue weighted by Gasteiger charge is -2.26. The van der Waals surface area contributed by atoms with E-state index in [1.807, 2.05) is 86.6 Å². The molecule has 0 aromatic heterocycles. The molecule has 1 aliphatic rings. The van der Waals surface area contributed by atoms with Gasteiger partial charge in [0.05, 0.1) is 11.6 Å². The van der Waals surface area contributed by atoms with Crippen molar-refractivity contribution in [2.24, 2.45) is 0 Å². The quantitative estimate of drug-likeness (QED) is 0.234. The minimum absolute atomic E-state index is 0.0953. The molecule has 0 radical (unpaired) electrons. The average Bonchev–Trinajstić information content (AvgIpc) is 3.11. The normalized spacial score (nSPS) is 17.1. The van der Waals surface area contributed by atoms with E-state index >= 15 is 0 Å². The van der Waals surface area contributed by atoms with Crippen LogP contribution in [-0.4, -0.2) is 53.8 Å². The van der Waals surface area contributed by atoms with E-state index in [4.69, 9.17) is 4.74 Å². The SMILES string of the molecule is Cc1cc(OCc2ccccc2)ccc1/C(O)=C1\C(=O)C(=O)N(CCN(C)C)[C@@H]1c1cccc(Br)c1. The molecule has 6 nitrogen and oxygen atoms in total. The van der Waals surface area contributed by atoms with Gasteiger partial charge in [-0.25, -0.2) is 0 Å². The Morgan fingerprint density at radius 2 is 1.78 bits per heavy atom. The Morgan fingerprint density at radius 3 is 2.44 bits per heavy atom. The number of likely N-dealkylation sites (N-methyl/N-ethyl adjacent to an activating group) is 1. The standard InChI is InChI=1S/C29H29BrN2O4/c1-19-16-23(36-18-20-8-5-4-6-9-20)12-13-24(19)27(33)25-26(21-10-7-11-22(30)17-21)32(15-14-31(2)3)29(35)28(25)34/h4-13,16-17,26,33H,14-15,18H2,1-3H3/b27-25+/t26-/m1/s1. The molecule has 3 aromatic carbocycles. The van der Waals surface area contributed by atoms with Gasteiger partial charge in [0.2, 0.25) is 0 Å². The van der Waals surface area contributed by atoms with Crippen LogP contribution in [0.4, 0.5) is 0 Å². The number of carbonyl (C=O) groups excluding carboxylic acids is 2. The highest BCUT2D eigenvalue weighted by atomic mass is 79.9. The van der Waals surface area contributed by atoms with E-state index in [-0.39, 0.29) is 11.3 Å². The molecule has 1 fully saturated rings. The summed E-state index contributed by atoms with van der Waals surface area (Å²) < 4.78 is 6.74. The maximum Gasteiger partial charge on any atom is 0.295 e. The van der Waals surface area contributed by atoms with Crippen molar-refractivity contribution < 1.29 is 19.4 Å². The molecule has 1 atom stereocenters. The van der Waals surface area contributed by atoms with Crippen molar-refractivity contribution in [3.63, 3.8) is 0 Å². The van der Waals surface area contributed by atoms with E-state index in [1.165, 1.54) is 0 Å². The molecule has 0 bridgehead atoms. The van der Waals surface area contributed by atoms with Crippen LogP contribution in [0.25, 0.3) is 5.76 Å². The number of likely N-dealkylation sites (tertiary alicyclic amines) is 1. The summed E-state index contributed by atoms with van der Waals surface area (Å²) in [6, 6.07) is 22.0. The first kappa shape index (κ1) is 25.7. The van der Waals surface area contributed by atoms with E-state index in [1.54, 1.807) is 17.0 Å². The van der Waals surface area contributed by atoms with Crippen LogP contribution in [0.1, 0.15) is 28.3 Å². The highest BCUT2D eigenvalue weighted by Crippen LogP contribution is 2.40. The van der Waals surface area contributed by atoms with Crippen molar-refractivity contribution >= 4 is 33.4 Å². The second-order valence-corrected chi connectivity index (χ2v) is 10.0. The number of hydrogen-bond donors (Lipinski definition) is 1. The summed E-state index contributed by atoms with van der Waals surface area (Å²) in [6.45, 7) is 3.22. The molecule has 36 heavy (non-hydrogen) atoms. The first-order valence-corrected chi connectivity index (χ1v) is 12.5.